The van der Waals surface area contributed by atoms with E-state index in [2.05, 4.69) is 10.4 Å². The van der Waals surface area contributed by atoms with Gasteiger partial charge in [-0.2, -0.15) is 5.10 Å². The van der Waals surface area contributed by atoms with Crippen LogP contribution in [0.5, 0.6) is 0 Å². The number of hydrogen-bond donors (Lipinski definition) is 2. The van der Waals surface area contributed by atoms with Crippen LogP contribution in [0.4, 0.5) is 19.4 Å². The quantitative estimate of drug-likeness (QED) is 0.775. The minimum atomic E-state index is -3.07. The first-order chi connectivity index (χ1) is 14.2. The normalized spacial score (nSPS) is 22.4. The maximum absolute atomic E-state index is 14.8. The number of carboxylic acid groups (broad SMARTS) is 1. The largest absolute Gasteiger partial charge is 0.480 e. The summed E-state index contributed by atoms with van der Waals surface area (Å²) >= 11 is 0. The standard InChI is InChI=1S/C19H21F2N5O4/c1-24-14-8-11(13-4-6-25(9-16(28)29)10-19(13,20)21)2-3-12(14)17(23-24)26-7-5-15(27)22-18(26)30/h2-3,8,13H,4-7,9-10H2,1H3,(H,28,29)(H,22,27,30)/t13-/m1/s1. The zero-order chi connectivity index (χ0) is 21.6. The van der Waals surface area contributed by atoms with E-state index in [0.29, 0.717) is 22.3 Å². The Morgan fingerprint density at radius 2 is 2.10 bits per heavy atom. The number of anilines is 1. The van der Waals surface area contributed by atoms with Crippen LogP contribution in [0.25, 0.3) is 10.9 Å². The number of carbonyl (C=O) groups is 3. The Balaban J connectivity index is 1.63. The second-order valence-corrected chi connectivity index (χ2v) is 7.69. The number of piperidine rings is 1. The van der Waals surface area contributed by atoms with E-state index < -0.39 is 36.9 Å². The highest BCUT2D eigenvalue weighted by molar-refractivity contribution is 6.08. The Labute approximate surface area is 170 Å². The minimum absolute atomic E-state index is 0.132. The lowest BCUT2D eigenvalue weighted by molar-refractivity contribution is -0.142. The number of hydrogen-bond acceptors (Lipinski definition) is 5. The van der Waals surface area contributed by atoms with Crippen LogP contribution in [0.2, 0.25) is 0 Å². The van der Waals surface area contributed by atoms with E-state index in [1.807, 2.05) is 0 Å². The third kappa shape index (κ3) is 3.60. The fourth-order valence-electron chi connectivity index (χ4n) is 4.18. The van der Waals surface area contributed by atoms with Gasteiger partial charge in [0.15, 0.2) is 5.82 Å². The summed E-state index contributed by atoms with van der Waals surface area (Å²) in [5, 5.41) is 16.1. The Bertz CT molecular complexity index is 1040. The molecule has 1 atom stereocenters. The second-order valence-electron chi connectivity index (χ2n) is 7.69. The molecule has 2 aliphatic heterocycles. The molecule has 0 radical (unpaired) electrons. The first-order valence-corrected chi connectivity index (χ1v) is 9.55. The molecule has 4 rings (SSSR count). The number of carboxylic acids is 1. The molecule has 3 heterocycles. The Morgan fingerprint density at radius 3 is 2.77 bits per heavy atom. The maximum Gasteiger partial charge on any atom is 0.329 e. The summed E-state index contributed by atoms with van der Waals surface area (Å²) in [7, 11) is 1.66. The number of aryl methyl sites for hydroxylation is 1. The Kier molecular flexibility index (Phi) is 4.92. The number of aliphatic carboxylic acids is 1. The van der Waals surface area contributed by atoms with Crippen molar-refractivity contribution >= 4 is 34.6 Å². The molecule has 2 aliphatic rings. The van der Waals surface area contributed by atoms with Gasteiger partial charge in [-0.15, -0.1) is 0 Å². The molecule has 0 unspecified atom stereocenters. The zero-order valence-corrected chi connectivity index (χ0v) is 16.3. The first-order valence-electron chi connectivity index (χ1n) is 9.55. The topological polar surface area (TPSA) is 108 Å². The smallest absolute Gasteiger partial charge is 0.329 e. The SMILES string of the molecule is Cn1nc(N2CCC(=O)NC2=O)c2ccc([C@H]3CCN(CC(=O)O)CC3(F)F)cc21. The van der Waals surface area contributed by atoms with E-state index in [1.165, 1.54) is 14.5 Å². The van der Waals surface area contributed by atoms with Crippen molar-refractivity contribution in [1.29, 1.82) is 0 Å². The number of likely N-dealkylation sites (tertiary alicyclic amines) is 1. The van der Waals surface area contributed by atoms with E-state index >= 15 is 0 Å². The summed E-state index contributed by atoms with van der Waals surface area (Å²) in [6.45, 7) is -0.560. The van der Waals surface area contributed by atoms with Crippen molar-refractivity contribution in [3.8, 4) is 0 Å². The summed E-state index contributed by atoms with van der Waals surface area (Å²) in [6, 6.07) is 4.35. The average Bonchev–Trinajstić information content (AvgIpc) is 2.96. The molecule has 0 bridgehead atoms. The zero-order valence-electron chi connectivity index (χ0n) is 16.3. The van der Waals surface area contributed by atoms with Crippen LogP contribution >= 0.6 is 0 Å². The van der Waals surface area contributed by atoms with Gasteiger partial charge in [0, 0.05) is 25.4 Å². The second kappa shape index (κ2) is 7.31. The van der Waals surface area contributed by atoms with Gasteiger partial charge in [0.1, 0.15) is 0 Å². The van der Waals surface area contributed by atoms with Crippen molar-refractivity contribution in [3.63, 3.8) is 0 Å². The third-order valence-electron chi connectivity index (χ3n) is 5.61. The molecular weight excluding hydrogens is 400 g/mol. The van der Waals surface area contributed by atoms with Crippen molar-refractivity contribution in [3.05, 3.63) is 23.8 Å². The van der Waals surface area contributed by atoms with Crippen LogP contribution < -0.4 is 10.2 Å². The van der Waals surface area contributed by atoms with E-state index in [1.54, 1.807) is 25.2 Å². The number of benzene rings is 1. The van der Waals surface area contributed by atoms with Gasteiger partial charge >= 0.3 is 12.0 Å². The van der Waals surface area contributed by atoms with E-state index in [0.717, 1.165) is 0 Å². The fraction of sp³-hybridized carbons (Fsp3) is 0.474. The van der Waals surface area contributed by atoms with Gasteiger partial charge < -0.3 is 5.11 Å². The number of urea groups is 1. The molecule has 9 nitrogen and oxygen atoms in total. The Hall–Kier alpha value is -3.08. The van der Waals surface area contributed by atoms with Crippen molar-refractivity contribution in [2.75, 3.05) is 31.1 Å². The van der Waals surface area contributed by atoms with Crippen LogP contribution in [0.1, 0.15) is 24.3 Å². The average molecular weight is 421 g/mol. The minimum Gasteiger partial charge on any atom is -0.480 e. The molecule has 0 saturated carbocycles. The number of halogens is 2. The molecule has 2 aromatic rings. The van der Waals surface area contributed by atoms with E-state index in [9.17, 15) is 23.2 Å². The number of carbonyl (C=O) groups excluding carboxylic acids is 2. The number of nitrogens with one attached hydrogen (secondary N) is 1. The summed E-state index contributed by atoms with van der Waals surface area (Å²) in [6.07, 6.45) is 0.288. The highest BCUT2D eigenvalue weighted by atomic mass is 19.3. The lowest BCUT2D eigenvalue weighted by atomic mass is 9.86. The van der Waals surface area contributed by atoms with Gasteiger partial charge in [-0.1, -0.05) is 6.07 Å². The van der Waals surface area contributed by atoms with Gasteiger partial charge in [0.2, 0.25) is 5.91 Å². The third-order valence-corrected chi connectivity index (χ3v) is 5.61. The predicted molar refractivity (Wildman–Crippen MR) is 103 cm³/mol. The molecule has 2 fully saturated rings. The highest BCUT2D eigenvalue weighted by Crippen LogP contribution is 2.41. The fourth-order valence-corrected chi connectivity index (χ4v) is 4.18. The maximum atomic E-state index is 14.8. The predicted octanol–water partition coefficient (Wildman–Crippen LogP) is 1.53. The van der Waals surface area contributed by atoms with Crippen LogP contribution in [0.3, 0.4) is 0 Å². The molecule has 30 heavy (non-hydrogen) atoms. The summed E-state index contributed by atoms with van der Waals surface area (Å²) < 4.78 is 31.1. The molecule has 2 N–H and O–H groups in total. The van der Waals surface area contributed by atoms with Crippen LogP contribution in [0.15, 0.2) is 18.2 Å². The summed E-state index contributed by atoms with van der Waals surface area (Å²) in [5.74, 6) is -5.23. The molecule has 0 aliphatic carbocycles. The van der Waals surface area contributed by atoms with Crippen LogP contribution in [-0.4, -0.2) is 69.8 Å². The van der Waals surface area contributed by atoms with Crippen molar-refractivity contribution in [1.82, 2.24) is 20.0 Å². The van der Waals surface area contributed by atoms with Gasteiger partial charge in [0.05, 0.1) is 24.5 Å². The van der Waals surface area contributed by atoms with Gasteiger partial charge in [-0.3, -0.25) is 29.4 Å². The lowest BCUT2D eigenvalue weighted by Gasteiger charge is -2.37. The van der Waals surface area contributed by atoms with Gasteiger partial charge in [0.25, 0.3) is 5.92 Å². The summed E-state index contributed by atoms with van der Waals surface area (Å²) in [5.41, 5.74) is 1.03. The molecule has 1 aromatic carbocycles. The number of imide groups is 1. The molecule has 0 spiro atoms. The van der Waals surface area contributed by atoms with E-state index in [-0.39, 0.29) is 31.8 Å². The molecule has 3 amide bonds. The number of alkyl halides is 2. The number of fused-ring (bicyclic) bond motifs is 1. The molecular formula is C19H21F2N5O4. The number of amides is 3. The number of rotatable bonds is 4. The Morgan fingerprint density at radius 1 is 1.33 bits per heavy atom. The van der Waals surface area contributed by atoms with Crippen LogP contribution in [-0.2, 0) is 16.6 Å². The summed E-state index contributed by atoms with van der Waals surface area (Å²) in [4.78, 5) is 37.0. The molecule has 2 saturated heterocycles. The lowest BCUT2D eigenvalue weighted by Crippen LogP contribution is -2.49. The molecule has 11 heteroatoms. The highest BCUT2D eigenvalue weighted by Gasteiger charge is 2.45. The number of nitrogens with zero attached hydrogens (tertiary/aromatic N) is 4. The van der Waals surface area contributed by atoms with Crippen molar-refractivity contribution < 1.29 is 28.3 Å². The van der Waals surface area contributed by atoms with Crippen molar-refractivity contribution in [2.45, 2.75) is 24.7 Å². The first kappa shape index (κ1) is 20.2. The molecule has 1 aromatic heterocycles. The van der Waals surface area contributed by atoms with Crippen molar-refractivity contribution in [2.24, 2.45) is 7.05 Å². The molecule has 160 valence electrons. The monoisotopic (exact) mass is 421 g/mol. The van der Waals surface area contributed by atoms with Crippen LogP contribution in [0, 0.1) is 0 Å². The van der Waals surface area contributed by atoms with Gasteiger partial charge in [-0.25, -0.2) is 13.6 Å². The van der Waals surface area contributed by atoms with E-state index in [4.69, 9.17) is 5.11 Å². The van der Waals surface area contributed by atoms with Gasteiger partial charge in [-0.05, 0) is 30.7 Å². The number of aromatic nitrogens is 2.